The molecule has 0 saturated heterocycles. The minimum atomic E-state index is 0.136. The van der Waals surface area contributed by atoms with Crippen LogP contribution in [0.25, 0.3) is 0 Å². The molecule has 0 aliphatic carbocycles. The highest BCUT2D eigenvalue weighted by molar-refractivity contribution is 5.63. The quantitative estimate of drug-likeness (QED) is 0.930. The Morgan fingerprint density at radius 3 is 2.75 bits per heavy atom. The molecule has 0 amide bonds. The van der Waals surface area contributed by atoms with Gasteiger partial charge in [0.25, 0.3) is 0 Å². The van der Waals surface area contributed by atoms with E-state index in [0.717, 1.165) is 11.4 Å². The number of benzene rings is 2. The number of aliphatic hydroxyl groups excluding tert-OH is 1. The number of ether oxygens (including phenoxy) is 1. The first kappa shape index (κ1) is 13.0. The maximum Gasteiger partial charge on any atom is 0.142 e. The van der Waals surface area contributed by atoms with Crippen LogP contribution in [0.2, 0.25) is 0 Å². The van der Waals surface area contributed by atoms with Gasteiger partial charge in [-0.1, -0.05) is 36.4 Å². The zero-order valence-electron chi connectivity index (χ0n) is 11.6. The number of nitrogens with zero attached hydrogens (tertiary/aromatic N) is 1. The monoisotopic (exact) mass is 269 g/mol. The predicted molar refractivity (Wildman–Crippen MR) is 80.3 cm³/mol. The summed E-state index contributed by atoms with van der Waals surface area (Å²) >= 11 is 0. The summed E-state index contributed by atoms with van der Waals surface area (Å²) in [6.45, 7) is 3.43. The Bertz CT molecular complexity index is 583. The molecule has 1 aliphatic rings. The first-order valence-corrected chi connectivity index (χ1v) is 6.95. The number of hydrogen-bond acceptors (Lipinski definition) is 3. The molecule has 1 heterocycles. The second kappa shape index (κ2) is 5.55. The van der Waals surface area contributed by atoms with Crippen LogP contribution < -0.4 is 9.64 Å². The van der Waals surface area contributed by atoms with Crippen molar-refractivity contribution in [1.29, 1.82) is 0 Å². The van der Waals surface area contributed by atoms with E-state index in [1.807, 2.05) is 24.3 Å². The molecule has 1 unspecified atom stereocenters. The maximum atomic E-state index is 9.40. The number of rotatable bonds is 3. The average Bonchev–Trinajstić information content (AvgIpc) is 2.49. The average molecular weight is 269 g/mol. The molecule has 0 spiro atoms. The van der Waals surface area contributed by atoms with Gasteiger partial charge in [0.1, 0.15) is 12.4 Å². The van der Waals surface area contributed by atoms with Crippen LogP contribution in [-0.2, 0) is 0 Å². The summed E-state index contributed by atoms with van der Waals surface area (Å²) in [4.78, 5) is 2.24. The van der Waals surface area contributed by atoms with E-state index in [4.69, 9.17) is 4.74 Å². The standard InChI is InChI=1S/C17H19NO2/c1-13-7-8-17-15(11-13)18(9-10-19)16(12-20-17)14-5-3-2-4-6-14/h2-8,11,16,19H,9-10,12H2,1H3. The van der Waals surface area contributed by atoms with Crippen LogP contribution in [-0.4, -0.2) is 24.9 Å². The van der Waals surface area contributed by atoms with Crippen LogP contribution in [0.5, 0.6) is 5.75 Å². The molecule has 20 heavy (non-hydrogen) atoms. The molecule has 1 N–H and O–H groups in total. The third kappa shape index (κ3) is 2.37. The predicted octanol–water partition coefficient (Wildman–Crippen LogP) is 2.93. The summed E-state index contributed by atoms with van der Waals surface area (Å²) in [6.07, 6.45) is 0. The molecule has 0 fully saturated rings. The highest BCUT2D eigenvalue weighted by Crippen LogP contribution is 2.39. The lowest BCUT2D eigenvalue weighted by atomic mass is 10.0. The number of aliphatic hydroxyl groups is 1. The van der Waals surface area contributed by atoms with Crippen LogP contribution in [0.3, 0.4) is 0 Å². The summed E-state index contributed by atoms with van der Waals surface area (Å²) in [5, 5.41) is 9.40. The molecule has 3 heteroatoms. The summed E-state index contributed by atoms with van der Waals surface area (Å²) < 4.78 is 5.90. The Balaban J connectivity index is 2.01. The maximum absolute atomic E-state index is 9.40. The Morgan fingerprint density at radius 2 is 2.00 bits per heavy atom. The molecule has 104 valence electrons. The van der Waals surface area contributed by atoms with Crippen LogP contribution in [0.4, 0.5) is 5.69 Å². The van der Waals surface area contributed by atoms with E-state index in [-0.39, 0.29) is 12.6 Å². The molecule has 3 rings (SSSR count). The highest BCUT2D eigenvalue weighted by Gasteiger charge is 2.28. The molecule has 0 saturated carbocycles. The van der Waals surface area contributed by atoms with E-state index in [1.54, 1.807) is 0 Å². The van der Waals surface area contributed by atoms with Crippen LogP contribution in [0, 0.1) is 6.92 Å². The van der Waals surface area contributed by atoms with Crippen molar-refractivity contribution in [3.8, 4) is 5.75 Å². The van der Waals surface area contributed by atoms with Crippen molar-refractivity contribution in [1.82, 2.24) is 0 Å². The van der Waals surface area contributed by atoms with Gasteiger partial charge in [0.05, 0.1) is 18.3 Å². The van der Waals surface area contributed by atoms with Gasteiger partial charge in [-0.3, -0.25) is 0 Å². The van der Waals surface area contributed by atoms with Gasteiger partial charge >= 0.3 is 0 Å². The van der Waals surface area contributed by atoms with E-state index in [1.165, 1.54) is 11.1 Å². The topological polar surface area (TPSA) is 32.7 Å². The zero-order valence-corrected chi connectivity index (χ0v) is 11.6. The fourth-order valence-electron chi connectivity index (χ4n) is 2.74. The second-order valence-electron chi connectivity index (χ2n) is 5.13. The van der Waals surface area contributed by atoms with Crippen molar-refractivity contribution in [2.24, 2.45) is 0 Å². The molecule has 3 nitrogen and oxygen atoms in total. The number of aryl methyl sites for hydroxylation is 1. The Labute approximate surface area is 119 Å². The number of anilines is 1. The molecule has 0 aromatic heterocycles. The Hall–Kier alpha value is -2.00. The van der Waals surface area contributed by atoms with E-state index in [0.29, 0.717) is 13.2 Å². The summed E-state index contributed by atoms with van der Waals surface area (Å²) in [7, 11) is 0. The highest BCUT2D eigenvalue weighted by atomic mass is 16.5. The van der Waals surface area contributed by atoms with Crippen molar-refractivity contribution < 1.29 is 9.84 Å². The molecule has 1 atom stereocenters. The lowest BCUT2D eigenvalue weighted by molar-refractivity contribution is 0.245. The SMILES string of the molecule is Cc1ccc2c(c1)N(CCO)C(c1ccccc1)CO2. The first-order chi connectivity index (χ1) is 9.79. The molecule has 1 aliphatic heterocycles. The molecule has 2 aromatic rings. The van der Waals surface area contributed by atoms with Gasteiger partial charge in [0.2, 0.25) is 0 Å². The van der Waals surface area contributed by atoms with E-state index >= 15 is 0 Å². The van der Waals surface area contributed by atoms with Gasteiger partial charge in [-0.05, 0) is 30.2 Å². The molecule has 2 aromatic carbocycles. The fourth-order valence-corrected chi connectivity index (χ4v) is 2.74. The smallest absolute Gasteiger partial charge is 0.142 e. The number of β-amino-alcohol motifs (C(OH)–C–C–N with tert-alkyl or cyclic N) is 1. The van der Waals surface area contributed by atoms with Gasteiger partial charge in [-0.15, -0.1) is 0 Å². The Morgan fingerprint density at radius 1 is 1.20 bits per heavy atom. The van der Waals surface area contributed by atoms with E-state index < -0.39 is 0 Å². The van der Waals surface area contributed by atoms with Gasteiger partial charge < -0.3 is 14.7 Å². The van der Waals surface area contributed by atoms with E-state index in [2.05, 4.69) is 36.1 Å². The molecule has 0 bridgehead atoms. The van der Waals surface area contributed by atoms with Crippen molar-refractivity contribution >= 4 is 5.69 Å². The fraction of sp³-hybridized carbons (Fsp3) is 0.294. The lowest BCUT2D eigenvalue weighted by Crippen LogP contribution is -2.38. The molecular formula is C17H19NO2. The Kier molecular flexibility index (Phi) is 3.61. The van der Waals surface area contributed by atoms with Crippen LogP contribution in [0.15, 0.2) is 48.5 Å². The largest absolute Gasteiger partial charge is 0.489 e. The van der Waals surface area contributed by atoms with Crippen LogP contribution in [0.1, 0.15) is 17.2 Å². The minimum absolute atomic E-state index is 0.136. The van der Waals surface area contributed by atoms with Gasteiger partial charge in [0.15, 0.2) is 0 Å². The summed E-state index contributed by atoms with van der Waals surface area (Å²) in [5.74, 6) is 0.899. The summed E-state index contributed by atoms with van der Waals surface area (Å²) in [5.41, 5.74) is 3.48. The van der Waals surface area contributed by atoms with Gasteiger partial charge in [-0.2, -0.15) is 0 Å². The molecular weight excluding hydrogens is 250 g/mol. The van der Waals surface area contributed by atoms with Crippen molar-refractivity contribution in [3.63, 3.8) is 0 Å². The number of fused-ring (bicyclic) bond motifs is 1. The first-order valence-electron chi connectivity index (χ1n) is 6.95. The number of hydrogen-bond donors (Lipinski definition) is 1. The lowest BCUT2D eigenvalue weighted by Gasteiger charge is -2.38. The van der Waals surface area contributed by atoms with Gasteiger partial charge in [0, 0.05) is 6.54 Å². The molecule has 0 radical (unpaired) electrons. The van der Waals surface area contributed by atoms with Crippen molar-refractivity contribution in [3.05, 3.63) is 59.7 Å². The third-order valence-electron chi connectivity index (χ3n) is 3.72. The third-order valence-corrected chi connectivity index (χ3v) is 3.72. The zero-order chi connectivity index (χ0) is 13.9. The van der Waals surface area contributed by atoms with Crippen molar-refractivity contribution in [2.75, 3.05) is 24.7 Å². The normalized spacial score (nSPS) is 17.5. The van der Waals surface area contributed by atoms with Crippen molar-refractivity contribution in [2.45, 2.75) is 13.0 Å². The van der Waals surface area contributed by atoms with Crippen LogP contribution >= 0.6 is 0 Å². The van der Waals surface area contributed by atoms with Gasteiger partial charge in [-0.25, -0.2) is 0 Å². The van der Waals surface area contributed by atoms with E-state index in [9.17, 15) is 5.11 Å². The second-order valence-corrected chi connectivity index (χ2v) is 5.13. The summed E-state index contributed by atoms with van der Waals surface area (Å²) in [6, 6.07) is 16.7. The minimum Gasteiger partial charge on any atom is -0.489 e.